The van der Waals surface area contributed by atoms with Crippen molar-refractivity contribution < 1.29 is 4.79 Å². The van der Waals surface area contributed by atoms with Crippen LogP contribution in [0.5, 0.6) is 0 Å². The molecule has 3 rings (SSSR count). The number of para-hydroxylation sites is 2. The van der Waals surface area contributed by atoms with Crippen molar-refractivity contribution >= 4 is 22.9 Å². The SMILES string of the molecule is CC(C)CC(=O)N1CCC(Nc2nc3ccccc3[nH]2)CC1. The number of anilines is 1. The molecule has 2 aromatic rings. The van der Waals surface area contributed by atoms with E-state index in [0.29, 0.717) is 18.4 Å². The van der Waals surface area contributed by atoms with Crippen LogP contribution in [-0.4, -0.2) is 39.9 Å². The second-order valence-electron chi connectivity index (χ2n) is 6.50. The van der Waals surface area contributed by atoms with Gasteiger partial charge in [0.25, 0.3) is 0 Å². The number of amides is 1. The Morgan fingerprint density at radius 1 is 1.36 bits per heavy atom. The van der Waals surface area contributed by atoms with Crippen LogP contribution in [0.1, 0.15) is 33.1 Å². The first-order valence-electron chi connectivity index (χ1n) is 8.11. The van der Waals surface area contributed by atoms with Crippen LogP contribution in [-0.2, 0) is 4.79 Å². The van der Waals surface area contributed by atoms with Gasteiger partial charge in [-0.25, -0.2) is 4.98 Å². The van der Waals surface area contributed by atoms with Crippen LogP contribution in [0, 0.1) is 5.92 Å². The number of fused-ring (bicyclic) bond motifs is 1. The van der Waals surface area contributed by atoms with Crippen molar-refractivity contribution in [2.75, 3.05) is 18.4 Å². The number of carbonyl (C=O) groups is 1. The lowest BCUT2D eigenvalue weighted by Crippen LogP contribution is -2.42. The summed E-state index contributed by atoms with van der Waals surface area (Å²) in [6, 6.07) is 8.41. The molecule has 1 amide bonds. The van der Waals surface area contributed by atoms with E-state index < -0.39 is 0 Å². The summed E-state index contributed by atoms with van der Waals surface area (Å²) < 4.78 is 0. The van der Waals surface area contributed by atoms with E-state index in [-0.39, 0.29) is 5.91 Å². The number of hydrogen-bond acceptors (Lipinski definition) is 3. The molecule has 0 bridgehead atoms. The topological polar surface area (TPSA) is 61.0 Å². The third-order valence-electron chi connectivity index (χ3n) is 4.16. The summed E-state index contributed by atoms with van der Waals surface area (Å²) >= 11 is 0. The summed E-state index contributed by atoms with van der Waals surface area (Å²) in [7, 11) is 0. The van der Waals surface area contributed by atoms with Crippen molar-refractivity contribution in [1.29, 1.82) is 0 Å². The molecular weight excluding hydrogens is 276 g/mol. The van der Waals surface area contributed by atoms with Gasteiger partial charge in [-0.15, -0.1) is 0 Å². The van der Waals surface area contributed by atoms with Gasteiger partial charge < -0.3 is 15.2 Å². The molecular formula is C17H24N4O. The second kappa shape index (κ2) is 6.38. The highest BCUT2D eigenvalue weighted by Crippen LogP contribution is 2.19. The Kier molecular flexibility index (Phi) is 4.32. The largest absolute Gasteiger partial charge is 0.353 e. The van der Waals surface area contributed by atoms with E-state index in [0.717, 1.165) is 42.9 Å². The van der Waals surface area contributed by atoms with E-state index in [9.17, 15) is 4.79 Å². The first-order valence-corrected chi connectivity index (χ1v) is 8.11. The zero-order chi connectivity index (χ0) is 15.5. The molecule has 1 aromatic carbocycles. The van der Waals surface area contributed by atoms with E-state index in [4.69, 9.17) is 0 Å². The lowest BCUT2D eigenvalue weighted by molar-refractivity contribution is -0.132. The molecule has 0 spiro atoms. The zero-order valence-electron chi connectivity index (χ0n) is 13.3. The van der Waals surface area contributed by atoms with Gasteiger partial charge in [0.05, 0.1) is 11.0 Å². The average molecular weight is 300 g/mol. The normalized spacial score (nSPS) is 16.4. The van der Waals surface area contributed by atoms with E-state index in [1.165, 1.54) is 0 Å². The van der Waals surface area contributed by atoms with Crippen LogP contribution in [0.4, 0.5) is 5.95 Å². The number of rotatable bonds is 4. The third-order valence-corrected chi connectivity index (χ3v) is 4.16. The first kappa shape index (κ1) is 14.9. The molecule has 5 nitrogen and oxygen atoms in total. The Morgan fingerprint density at radius 2 is 2.09 bits per heavy atom. The molecule has 0 atom stereocenters. The maximum absolute atomic E-state index is 12.1. The quantitative estimate of drug-likeness (QED) is 0.912. The number of aromatic amines is 1. The number of aromatic nitrogens is 2. The Morgan fingerprint density at radius 3 is 2.77 bits per heavy atom. The van der Waals surface area contributed by atoms with Crippen LogP contribution in [0.2, 0.25) is 0 Å². The maximum atomic E-state index is 12.1. The van der Waals surface area contributed by atoms with E-state index in [1.807, 2.05) is 29.2 Å². The molecule has 5 heteroatoms. The highest BCUT2D eigenvalue weighted by atomic mass is 16.2. The van der Waals surface area contributed by atoms with Gasteiger partial charge in [0.1, 0.15) is 0 Å². The van der Waals surface area contributed by atoms with E-state index in [1.54, 1.807) is 0 Å². The summed E-state index contributed by atoms with van der Waals surface area (Å²) in [4.78, 5) is 21.9. The van der Waals surface area contributed by atoms with Gasteiger partial charge >= 0.3 is 0 Å². The Balaban J connectivity index is 1.54. The minimum atomic E-state index is 0.289. The lowest BCUT2D eigenvalue weighted by atomic mass is 10.0. The van der Waals surface area contributed by atoms with Crippen molar-refractivity contribution in [3.05, 3.63) is 24.3 Å². The molecule has 1 saturated heterocycles. The standard InChI is InChI=1S/C17H24N4O/c1-12(2)11-16(22)21-9-7-13(8-10-21)18-17-19-14-5-3-4-6-15(14)20-17/h3-6,12-13H,7-11H2,1-2H3,(H2,18,19,20). The van der Waals surface area contributed by atoms with E-state index in [2.05, 4.69) is 29.1 Å². The number of nitrogens with zero attached hydrogens (tertiary/aromatic N) is 2. The zero-order valence-corrected chi connectivity index (χ0v) is 13.3. The van der Waals surface area contributed by atoms with Crippen molar-refractivity contribution in [3.8, 4) is 0 Å². The minimum absolute atomic E-state index is 0.289. The van der Waals surface area contributed by atoms with Gasteiger partial charge in [-0.1, -0.05) is 26.0 Å². The summed E-state index contributed by atoms with van der Waals surface area (Å²) in [5.41, 5.74) is 2.03. The Labute approximate surface area is 131 Å². The molecule has 1 aliphatic rings. The number of H-pyrrole nitrogens is 1. The van der Waals surface area contributed by atoms with Crippen molar-refractivity contribution in [1.82, 2.24) is 14.9 Å². The number of nitrogens with one attached hydrogen (secondary N) is 2. The number of piperidine rings is 1. The molecule has 2 heterocycles. The molecule has 0 radical (unpaired) electrons. The fourth-order valence-corrected chi connectivity index (χ4v) is 2.97. The van der Waals surface area contributed by atoms with Crippen molar-refractivity contribution in [2.24, 2.45) is 5.92 Å². The van der Waals surface area contributed by atoms with Crippen LogP contribution in [0.25, 0.3) is 11.0 Å². The third kappa shape index (κ3) is 3.40. The molecule has 1 aromatic heterocycles. The van der Waals surface area contributed by atoms with Crippen LogP contribution < -0.4 is 5.32 Å². The number of benzene rings is 1. The molecule has 22 heavy (non-hydrogen) atoms. The van der Waals surface area contributed by atoms with Crippen molar-refractivity contribution in [2.45, 2.75) is 39.2 Å². The summed E-state index contributed by atoms with van der Waals surface area (Å²) in [5, 5.41) is 3.47. The lowest BCUT2D eigenvalue weighted by Gasteiger charge is -2.32. The van der Waals surface area contributed by atoms with E-state index >= 15 is 0 Å². The van der Waals surface area contributed by atoms with Gasteiger partial charge in [-0.05, 0) is 30.9 Å². The van der Waals surface area contributed by atoms with Crippen LogP contribution in [0.15, 0.2) is 24.3 Å². The summed E-state index contributed by atoms with van der Waals surface area (Å²) in [6.07, 6.45) is 2.60. The van der Waals surface area contributed by atoms with Gasteiger partial charge in [-0.3, -0.25) is 4.79 Å². The fraction of sp³-hybridized carbons (Fsp3) is 0.529. The van der Waals surface area contributed by atoms with Gasteiger partial charge in [0, 0.05) is 25.6 Å². The predicted molar refractivity (Wildman–Crippen MR) is 88.8 cm³/mol. The van der Waals surface area contributed by atoms with Gasteiger partial charge in [0.15, 0.2) is 0 Å². The fourth-order valence-electron chi connectivity index (χ4n) is 2.97. The number of likely N-dealkylation sites (tertiary alicyclic amines) is 1. The maximum Gasteiger partial charge on any atom is 0.222 e. The molecule has 0 saturated carbocycles. The molecule has 1 aliphatic heterocycles. The highest BCUT2D eigenvalue weighted by Gasteiger charge is 2.23. The number of carbonyl (C=O) groups excluding carboxylic acids is 1. The monoisotopic (exact) mass is 300 g/mol. The van der Waals surface area contributed by atoms with Crippen LogP contribution in [0.3, 0.4) is 0 Å². The highest BCUT2D eigenvalue weighted by molar-refractivity contribution is 5.77. The Bertz CT molecular complexity index is 608. The van der Waals surface area contributed by atoms with Gasteiger partial charge in [-0.2, -0.15) is 0 Å². The summed E-state index contributed by atoms with van der Waals surface area (Å²) in [6.45, 7) is 5.86. The summed E-state index contributed by atoms with van der Waals surface area (Å²) in [5.74, 6) is 1.55. The van der Waals surface area contributed by atoms with Crippen LogP contribution >= 0.6 is 0 Å². The average Bonchev–Trinajstić information content (AvgIpc) is 2.89. The minimum Gasteiger partial charge on any atom is -0.353 e. The smallest absolute Gasteiger partial charge is 0.222 e. The molecule has 0 aliphatic carbocycles. The van der Waals surface area contributed by atoms with Gasteiger partial charge in [0.2, 0.25) is 11.9 Å². The molecule has 118 valence electrons. The molecule has 0 unspecified atom stereocenters. The Hall–Kier alpha value is -2.04. The first-order chi connectivity index (χ1) is 10.6. The number of hydrogen-bond donors (Lipinski definition) is 2. The second-order valence-corrected chi connectivity index (χ2v) is 6.50. The predicted octanol–water partition coefficient (Wildman–Crippen LogP) is 3.01. The molecule has 2 N–H and O–H groups in total. The molecule has 1 fully saturated rings. The number of imidazole rings is 1. The van der Waals surface area contributed by atoms with Crippen molar-refractivity contribution in [3.63, 3.8) is 0 Å².